The fourth-order valence-electron chi connectivity index (χ4n) is 3.56. The van der Waals surface area contributed by atoms with Crippen molar-refractivity contribution in [1.29, 1.82) is 0 Å². The normalized spacial score (nSPS) is 25.5. The van der Waals surface area contributed by atoms with Gasteiger partial charge in [-0.15, -0.1) is 0 Å². The van der Waals surface area contributed by atoms with E-state index >= 15 is 0 Å². The Balaban J connectivity index is 1.68. The minimum atomic E-state index is 0.0448. The average molecular weight is 304 g/mol. The first-order chi connectivity index (χ1) is 10.5. The van der Waals surface area contributed by atoms with E-state index in [-0.39, 0.29) is 29.9 Å². The number of carbonyl (C=O) groups is 1. The molecule has 2 fully saturated rings. The third kappa shape index (κ3) is 2.75. The standard InChI is InChI=1S/C16H24N4O2/c1-10(2)20-14-6-7-19(8-12(14)18-16(20)22)9-13-15(21)5-4-11(3)17-13/h4-5,10,12,14,21H,6-9H2,1-3H3,(H,18,22)/t12-,14+/m1/s1. The van der Waals surface area contributed by atoms with Gasteiger partial charge in [0, 0.05) is 31.4 Å². The van der Waals surface area contributed by atoms with E-state index in [9.17, 15) is 9.90 Å². The number of likely N-dealkylation sites (tertiary alicyclic amines) is 1. The molecule has 0 unspecified atom stereocenters. The molecule has 22 heavy (non-hydrogen) atoms. The second kappa shape index (κ2) is 5.76. The third-order valence-corrected chi connectivity index (χ3v) is 4.58. The fourth-order valence-corrected chi connectivity index (χ4v) is 3.56. The number of fused-ring (bicyclic) bond motifs is 1. The molecule has 0 bridgehead atoms. The van der Waals surface area contributed by atoms with Crippen LogP contribution in [-0.4, -0.2) is 57.1 Å². The van der Waals surface area contributed by atoms with Gasteiger partial charge in [-0.05, 0) is 39.3 Å². The lowest BCUT2D eigenvalue weighted by Crippen LogP contribution is -2.51. The van der Waals surface area contributed by atoms with E-state index in [0.717, 1.165) is 25.2 Å². The van der Waals surface area contributed by atoms with Gasteiger partial charge >= 0.3 is 6.03 Å². The highest BCUT2D eigenvalue weighted by Crippen LogP contribution is 2.26. The van der Waals surface area contributed by atoms with Gasteiger partial charge in [-0.2, -0.15) is 0 Å². The fraction of sp³-hybridized carbons (Fsp3) is 0.625. The largest absolute Gasteiger partial charge is 0.506 e. The second-order valence-corrected chi connectivity index (χ2v) is 6.57. The summed E-state index contributed by atoms with van der Waals surface area (Å²) >= 11 is 0. The van der Waals surface area contributed by atoms with Crippen LogP contribution in [0.2, 0.25) is 0 Å². The Morgan fingerprint density at radius 3 is 2.95 bits per heavy atom. The minimum absolute atomic E-state index is 0.0448. The van der Waals surface area contributed by atoms with Crippen molar-refractivity contribution in [3.8, 4) is 5.75 Å². The maximum atomic E-state index is 12.1. The van der Waals surface area contributed by atoms with E-state index in [4.69, 9.17) is 0 Å². The molecule has 0 aliphatic carbocycles. The van der Waals surface area contributed by atoms with E-state index in [1.54, 1.807) is 6.07 Å². The topological polar surface area (TPSA) is 68.7 Å². The van der Waals surface area contributed by atoms with Crippen LogP contribution in [0.1, 0.15) is 31.7 Å². The molecule has 3 rings (SSSR count). The zero-order valence-electron chi connectivity index (χ0n) is 13.4. The molecule has 1 aromatic heterocycles. The highest BCUT2D eigenvalue weighted by Gasteiger charge is 2.43. The number of aryl methyl sites for hydroxylation is 1. The van der Waals surface area contributed by atoms with Crippen molar-refractivity contribution >= 4 is 6.03 Å². The van der Waals surface area contributed by atoms with Crippen LogP contribution in [0, 0.1) is 6.92 Å². The number of hydrogen-bond donors (Lipinski definition) is 2. The van der Waals surface area contributed by atoms with Crippen molar-refractivity contribution in [3.63, 3.8) is 0 Å². The third-order valence-electron chi connectivity index (χ3n) is 4.58. The average Bonchev–Trinajstić information content (AvgIpc) is 2.78. The zero-order chi connectivity index (χ0) is 15.9. The Labute approximate surface area is 131 Å². The van der Waals surface area contributed by atoms with E-state index in [1.807, 2.05) is 17.9 Å². The number of nitrogens with one attached hydrogen (secondary N) is 1. The predicted octanol–water partition coefficient (Wildman–Crippen LogP) is 1.47. The highest BCUT2D eigenvalue weighted by atomic mass is 16.3. The van der Waals surface area contributed by atoms with Crippen LogP contribution in [-0.2, 0) is 6.54 Å². The molecule has 2 N–H and O–H groups in total. The molecule has 1 aromatic rings. The summed E-state index contributed by atoms with van der Waals surface area (Å²) in [5.74, 6) is 0.243. The van der Waals surface area contributed by atoms with Crippen LogP contribution in [0.4, 0.5) is 4.79 Å². The molecule has 3 heterocycles. The number of piperidine rings is 1. The summed E-state index contributed by atoms with van der Waals surface area (Å²) in [6.45, 7) is 8.37. The molecule has 0 spiro atoms. The van der Waals surface area contributed by atoms with Crippen LogP contribution in [0.5, 0.6) is 5.75 Å². The van der Waals surface area contributed by atoms with Gasteiger partial charge in [-0.3, -0.25) is 9.88 Å². The van der Waals surface area contributed by atoms with Crippen molar-refractivity contribution < 1.29 is 9.90 Å². The Kier molecular flexibility index (Phi) is 3.95. The molecule has 0 radical (unpaired) electrons. The van der Waals surface area contributed by atoms with Crippen molar-refractivity contribution in [3.05, 3.63) is 23.5 Å². The van der Waals surface area contributed by atoms with Crippen molar-refractivity contribution in [1.82, 2.24) is 20.1 Å². The Morgan fingerprint density at radius 2 is 2.23 bits per heavy atom. The summed E-state index contributed by atoms with van der Waals surface area (Å²) < 4.78 is 0. The monoisotopic (exact) mass is 304 g/mol. The lowest BCUT2D eigenvalue weighted by Gasteiger charge is -2.37. The van der Waals surface area contributed by atoms with Gasteiger partial charge in [0.1, 0.15) is 5.75 Å². The van der Waals surface area contributed by atoms with Crippen LogP contribution in [0.15, 0.2) is 12.1 Å². The Bertz CT molecular complexity index is 575. The molecule has 0 saturated carbocycles. The van der Waals surface area contributed by atoms with E-state index in [1.165, 1.54) is 0 Å². The lowest BCUT2D eigenvalue weighted by molar-refractivity contribution is 0.121. The summed E-state index contributed by atoms with van der Waals surface area (Å²) in [6, 6.07) is 4.22. The molecule has 2 aliphatic rings. The Hall–Kier alpha value is -1.82. The second-order valence-electron chi connectivity index (χ2n) is 6.57. The molecule has 2 saturated heterocycles. The maximum absolute atomic E-state index is 12.1. The molecular weight excluding hydrogens is 280 g/mol. The van der Waals surface area contributed by atoms with Crippen molar-refractivity contribution in [2.45, 2.75) is 51.9 Å². The zero-order valence-corrected chi connectivity index (χ0v) is 13.4. The van der Waals surface area contributed by atoms with Gasteiger partial charge in [0.25, 0.3) is 0 Å². The summed E-state index contributed by atoms with van der Waals surface area (Å²) in [4.78, 5) is 20.7. The van der Waals surface area contributed by atoms with Crippen molar-refractivity contribution in [2.24, 2.45) is 0 Å². The van der Waals surface area contributed by atoms with Crippen LogP contribution < -0.4 is 5.32 Å². The number of carbonyl (C=O) groups excluding carboxylic acids is 1. The minimum Gasteiger partial charge on any atom is -0.506 e. The first-order valence-electron chi connectivity index (χ1n) is 7.92. The molecule has 0 aromatic carbocycles. The predicted molar refractivity (Wildman–Crippen MR) is 83.6 cm³/mol. The number of pyridine rings is 1. The van der Waals surface area contributed by atoms with Crippen LogP contribution in [0.25, 0.3) is 0 Å². The number of aromatic hydroxyl groups is 1. The molecule has 2 amide bonds. The maximum Gasteiger partial charge on any atom is 0.318 e. The Morgan fingerprint density at radius 1 is 1.45 bits per heavy atom. The SMILES string of the molecule is Cc1ccc(O)c(CN2CC[C@H]3[C@@H](C2)NC(=O)N3C(C)C)n1. The molecule has 2 atom stereocenters. The van der Waals surface area contributed by atoms with E-state index in [2.05, 4.69) is 29.0 Å². The molecular formula is C16H24N4O2. The lowest BCUT2D eigenvalue weighted by atomic mass is 9.99. The summed E-state index contributed by atoms with van der Waals surface area (Å²) in [6.07, 6.45) is 0.953. The van der Waals surface area contributed by atoms with Gasteiger partial charge in [-0.25, -0.2) is 4.79 Å². The number of nitrogens with zero attached hydrogens (tertiary/aromatic N) is 3. The first-order valence-corrected chi connectivity index (χ1v) is 7.92. The van der Waals surface area contributed by atoms with E-state index < -0.39 is 0 Å². The van der Waals surface area contributed by atoms with Gasteiger partial charge in [0.15, 0.2) is 0 Å². The smallest absolute Gasteiger partial charge is 0.318 e. The van der Waals surface area contributed by atoms with Gasteiger partial charge in [-0.1, -0.05) is 0 Å². The highest BCUT2D eigenvalue weighted by molar-refractivity contribution is 5.78. The molecule has 6 heteroatoms. The summed E-state index contributed by atoms with van der Waals surface area (Å²) in [5, 5.41) is 13.0. The number of rotatable bonds is 3. The number of urea groups is 1. The van der Waals surface area contributed by atoms with Crippen LogP contribution >= 0.6 is 0 Å². The first kappa shape index (κ1) is 15.1. The van der Waals surface area contributed by atoms with Gasteiger partial charge in [0.2, 0.25) is 0 Å². The summed E-state index contributed by atoms with van der Waals surface area (Å²) in [7, 11) is 0. The van der Waals surface area contributed by atoms with E-state index in [0.29, 0.717) is 12.2 Å². The molecule has 2 aliphatic heterocycles. The number of hydrogen-bond acceptors (Lipinski definition) is 4. The van der Waals surface area contributed by atoms with Crippen LogP contribution in [0.3, 0.4) is 0 Å². The van der Waals surface area contributed by atoms with Gasteiger partial charge in [0.05, 0.1) is 17.8 Å². The quantitative estimate of drug-likeness (QED) is 0.887. The molecule has 6 nitrogen and oxygen atoms in total. The van der Waals surface area contributed by atoms with Gasteiger partial charge < -0.3 is 15.3 Å². The van der Waals surface area contributed by atoms with Crippen molar-refractivity contribution in [2.75, 3.05) is 13.1 Å². The summed E-state index contributed by atoms with van der Waals surface area (Å²) in [5.41, 5.74) is 1.62. The number of amides is 2. The number of aromatic nitrogens is 1. The molecule has 120 valence electrons.